The van der Waals surface area contributed by atoms with Crippen molar-refractivity contribution in [3.8, 4) is 11.4 Å². The molecular weight excluding hydrogens is 288 g/mol. The van der Waals surface area contributed by atoms with Crippen molar-refractivity contribution in [2.45, 2.75) is 6.54 Å². The van der Waals surface area contributed by atoms with Crippen molar-refractivity contribution in [1.82, 2.24) is 24.1 Å². The summed E-state index contributed by atoms with van der Waals surface area (Å²) in [7, 11) is 1.86. The van der Waals surface area contributed by atoms with E-state index in [0.717, 1.165) is 28.4 Å². The van der Waals surface area contributed by atoms with Crippen molar-refractivity contribution in [3.63, 3.8) is 0 Å². The van der Waals surface area contributed by atoms with Crippen molar-refractivity contribution in [2.75, 3.05) is 5.32 Å². The Morgan fingerprint density at radius 3 is 2.91 bits per heavy atom. The zero-order chi connectivity index (χ0) is 15.6. The lowest BCUT2D eigenvalue weighted by molar-refractivity contribution is 0.768. The topological polar surface area (TPSA) is 60.0 Å². The quantitative estimate of drug-likeness (QED) is 0.630. The van der Waals surface area contributed by atoms with Gasteiger partial charge in [0.1, 0.15) is 12.0 Å². The molecule has 0 aliphatic heterocycles. The van der Waals surface area contributed by atoms with Crippen molar-refractivity contribution in [2.24, 2.45) is 7.05 Å². The van der Waals surface area contributed by atoms with Crippen LogP contribution in [0.5, 0.6) is 0 Å². The van der Waals surface area contributed by atoms with Crippen molar-refractivity contribution >= 4 is 11.3 Å². The molecule has 0 aliphatic carbocycles. The summed E-state index contributed by atoms with van der Waals surface area (Å²) in [6.45, 7) is 0.699. The molecule has 1 N–H and O–H groups in total. The maximum Gasteiger partial charge on any atom is 0.181 e. The lowest BCUT2D eigenvalue weighted by atomic mass is 10.2. The van der Waals surface area contributed by atoms with Gasteiger partial charge in [0.05, 0.1) is 18.4 Å². The summed E-state index contributed by atoms with van der Waals surface area (Å²) in [5.74, 6) is 0.728. The molecule has 0 radical (unpaired) electrons. The zero-order valence-electron chi connectivity index (χ0n) is 12.7. The van der Waals surface area contributed by atoms with Gasteiger partial charge >= 0.3 is 0 Å². The molecule has 1 aromatic carbocycles. The number of fused-ring (bicyclic) bond motifs is 1. The van der Waals surface area contributed by atoms with E-state index in [9.17, 15) is 0 Å². The molecule has 3 aromatic heterocycles. The highest BCUT2D eigenvalue weighted by Crippen LogP contribution is 2.19. The second-order valence-corrected chi connectivity index (χ2v) is 5.35. The van der Waals surface area contributed by atoms with Gasteiger partial charge in [0.15, 0.2) is 5.82 Å². The van der Waals surface area contributed by atoms with E-state index in [0.29, 0.717) is 6.54 Å². The molecule has 6 nitrogen and oxygen atoms in total. The van der Waals surface area contributed by atoms with Crippen LogP contribution in [0.1, 0.15) is 5.69 Å². The van der Waals surface area contributed by atoms with Crippen LogP contribution in [0.2, 0.25) is 0 Å². The Morgan fingerprint density at radius 2 is 2.04 bits per heavy atom. The van der Waals surface area contributed by atoms with Gasteiger partial charge in [0.25, 0.3) is 0 Å². The largest absolute Gasteiger partial charge is 0.379 e. The van der Waals surface area contributed by atoms with Crippen molar-refractivity contribution < 1.29 is 0 Å². The molecule has 0 saturated heterocycles. The molecule has 3 heterocycles. The molecule has 0 atom stereocenters. The summed E-state index contributed by atoms with van der Waals surface area (Å²) >= 11 is 0. The van der Waals surface area contributed by atoms with E-state index in [1.807, 2.05) is 55.8 Å². The summed E-state index contributed by atoms with van der Waals surface area (Å²) in [6.07, 6.45) is 5.62. The van der Waals surface area contributed by atoms with Gasteiger partial charge in [-0.25, -0.2) is 9.97 Å². The van der Waals surface area contributed by atoms with Gasteiger partial charge < -0.3 is 9.72 Å². The standard InChI is InChI=1S/C17H16N6/c1-22-12-20-17(21-22)13-5-4-6-14(9-13)18-10-15-11-19-16-7-2-3-8-23(15)16/h2-9,11-12,18H,10H2,1H3. The molecule has 0 bridgehead atoms. The van der Waals surface area contributed by atoms with E-state index >= 15 is 0 Å². The van der Waals surface area contributed by atoms with Gasteiger partial charge in [-0.3, -0.25) is 4.68 Å². The van der Waals surface area contributed by atoms with E-state index in [2.05, 4.69) is 30.9 Å². The third-order valence-corrected chi connectivity index (χ3v) is 3.69. The second kappa shape index (κ2) is 5.57. The summed E-state index contributed by atoms with van der Waals surface area (Å²) in [5.41, 5.74) is 4.09. The van der Waals surface area contributed by atoms with Crippen LogP contribution >= 0.6 is 0 Å². The van der Waals surface area contributed by atoms with Crippen molar-refractivity contribution in [1.29, 1.82) is 0 Å². The molecule has 0 saturated carbocycles. The fraction of sp³-hybridized carbons (Fsp3) is 0.118. The maximum atomic E-state index is 4.40. The highest BCUT2D eigenvalue weighted by Gasteiger charge is 2.05. The first kappa shape index (κ1) is 13.5. The number of pyridine rings is 1. The number of aromatic nitrogens is 5. The molecule has 0 amide bonds. The number of benzene rings is 1. The van der Waals surface area contributed by atoms with Gasteiger partial charge in [-0.15, -0.1) is 0 Å². The summed E-state index contributed by atoms with van der Waals surface area (Å²) in [6, 6.07) is 14.1. The fourth-order valence-electron chi connectivity index (χ4n) is 2.55. The Labute approximate surface area is 133 Å². The van der Waals surface area contributed by atoms with Crippen LogP contribution < -0.4 is 5.32 Å². The monoisotopic (exact) mass is 304 g/mol. The Morgan fingerprint density at radius 1 is 1.09 bits per heavy atom. The van der Waals surface area contributed by atoms with Crippen LogP contribution in [0.4, 0.5) is 5.69 Å². The average Bonchev–Trinajstić information content (AvgIpc) is 3.20. The molecule has 0 fully saturated rings. The number of imidazole rings is 1. The van der Waals surface area contributed by atoms with Gasteiger partial charge in [-0.05, 0) is 24.3 Å². The number of nitrogens with zero attached hydrogens (tertiary/aromatic N) is 5. The van der Waals surface area contributed by atoms with E-state index in [4.69, 9.17) is 0 Å². The van der Waals surface area contributed by atoms with E-state index in [1.54, 1.807) is 11.0 Å². The second-order valence-electron chi connectivity index (χ2n) is 5.35. The van der Waals surface area contributed by atoms with Crippen LogP contribution in [0.15, 0.2) is 61.2 Å². The Balaban J connectivity index is 1.55. The van der Waals surface area contributed by atoms with Crippen LogP contribution in [0, 0.1) is 0 Å². The number of aryl methyl sites for hydroxylation is 1. The first-order chi connectivity index (χ1) is 11.3. The first-order valence-corrected chi connectivity index (χ1v) is 7.40. The lowest BCUT2D eigenvalue weighted by Crippen LogP contribution is -2.02. The zero-order valence-corrected chi connectivity index (χ0v) is 12.7. The maximum absolute atomic E-state index is 4.40. The molecule has 114 valence electrons. The van der Waals surface area contributed by atoms with Gasteiger partial charge in [-0.2, -0.15) is 5.10 Å². The minimum atomic E-state index is 0.699. The molecule has 4 rings (SSSR count). The van der Waals surface area contributed by atoms with E-state index in [-0.39, 0.29) is 0 Å². The highest BCUT2D eigenvalue weighted by atomic mass is 15.3. The minimum absolute atomic E-state index is 0.699. The number of hydrogen-bond donors (Lipinski definition) is 1. The summed E-state index contributed by atoms with van der Waals surface area (Å²) in [5, 5.41) is 7.77. The summed E-state index contributed by atoms with van der Waals surface area (Å²) in [4.78, 5) is 8.69. The Kier molecular flexibility index (Phi) is 3.27. The smallest absolute Gasteiger partial charge is 0.181 e. The molecule has 6 heteroatoms. The van der Waals surface area contributed by atoms with E-state index < -0.39 is 0 Å². The van der Waals surface area contributed by atoms with Crippen LogP contribution in [-0.2, 0) is 13.6 Å². The first-order valence-electron chi connectivity index (χ1n) is 7.40. The van der Waals surface area contributed by atoms with Gasteiger partial charge in [-0.1, -0.05) is 18.2 Å². The van der Waals surface area contributed by atoms with Gasteiger partial charge in [0.2, 0.25) is 0 Å². The molecule has 23 heavy (non-hydrogen) atoms. The van der Waals surface area contributed by atoms with Gasteiger partial charge in [0, 0.05) is 24.5 Å². The molecular formula is C17H16N6. The third kappa shape index (κ3) is 2.66. The number of anilines is 1. The Bertz CT molecular complexity index is 952. The predicted molar refractivity (Wildman–Crippen MR) is 89.0 cm³/mol. The minimum Gasteiger partial charge on any atom is -0.379 e. The average molecular weight is 304 g/mol. The number of rotatable bonds is 4. The summed E-state index contributed by atoms with van der Waals surface area (Å²) < 4.78 is 3.78. The van der Waals surface area contributed by atoms with E-state index in [1.165, 1.54) is 0 Å². The fourth-order valence-corrected chi connectivity index (χ4v) is 2.55. The highest BCUT2D eigenvalue weighted by molar-refractivity contribution is 5.62. The van der Waals surface area contributed by atoms with Crippen LogP contribution in [0.3, 0.4) is 0 Å². The normalized spacial score (nSPS) is 11.0. The molecule has 0 aliphatic rings. The SMILES string of the molecule is Cn1cnc(-c2cccc(NCc3cnc4ccccn34)c2)n1. The molecule has 4 aromatic rings. The molecule has 0 spiro atoms. The third-order valence-electron chi connectivity index (χ3n) is 3.69. The molecule has 0 unspecified atom stereocenters. The van der Waals surface area contributed by atoms with Crippen LogP contribution in [-0.4, -0.2) is 24.1 Å². The van der Waals surface area contributed by atoms with Crippen LogP contribution in [0.25, 0.3) is 17.0 Å². The predicted octanol–water partition coefficient (Wildman–Crippen LogP) is 2.74. The Hall–Kier alpha value is -3.15. The lowest BCUT2D eigenvalue weighted by Gasteiger charge is -2.07. The number of nitrogens with one attached hydrogen (secondary N) is 1. The number of hydrogen-bond acceptors (Lipinski definition) is 4. The van der Waals surface area contributed by atoms with Crippen molar-refractivity contribution in [3.05, 3.63) is 66.9 Å².